The van der Waals surface area contributed by atoms with Crippen LogP contribution in [0.1, 0.15) is 41.6 Å². The van der Waals surface area contributed by atoms with Crippen LogP contribution in [0, 0.1) is 0 Å². The summed E-state index contributed by atoms with van der Waals surface area (Å²) in [4.78, 5) is 28.1. The van der Waals surface area contributed by atoms with Crippen molar-refractivity contribution >= 4 is 28.4 Å². The van der Waals surface area contributed by atoms with Gasteiger partial charge in [0.2, 0.25) is 0 Å². The van der Waals surface area contributed by atoms with Crippen molar-refractivity contribution in [2.45, 2.75) is 26.8 Å². The van der Waals surface area contributed by atoms with E-state index < -0.39 is 0 Å². The number of fused-ring (bicyclic) bond motifs is 1. The van der Waals surface area contributed by atoms with Crippen molar-refractivity contribution in [3.63, 3.8) is 0 Å². The highest BCUT2D eigenvalue weighted by atomic mass is 16.5. The quantitative estimate of drug-likeness (QED) is 0.618. The molecule has 2 aromatic carbocycles. The fourth-order valence-corrected chi connectivity index (χ4v) is 2.80. The van der Waals surface area contributed by atoms with Crippen molar-refractivity contribution in [1.29, 1.82) is 0 Å². The smallest absolute Gasteiger partial charge is 0.272 e. The van der Waals surface area contributed by atoms with Crippen LogP contribution in [0.5, 0.6) is 5.75 Å². The van der Waals surface area contributed by atoms with Crippen LogP contribution in [0.25, 0.3) is 10.9 Å². The van der Waals surface area contributed by atoms with Crippen LogP contribution in [0.2, 0.25) is 0 Å². The van der Waals surface area contributed by atoms with E-state index in [-0.39, 0.29) is 17.9 Å². The summed E-state index contributed by atoms with van der Waals surface area (Å²) in [6, 6.07) is 14.4. The number of amides is 2. The predicted octanol–water partition coefficient (Wildman–Crippen LogP) is 3.96. The lowest BCUT2D eigenvalue weighted by Gasteiger charge is -2.12. The van der Waals surface area contributed by atoms with Gasteiger partial charge < -0.3 is 20.4 Å². The molecule has 6 nitrogen and oxygen atoms in total. The molecule has 1 aromatic heterocycles. The number of nitrogens with one attached hydrogen (secondary N) is 3. The maximum absolute atomic E-state index is 12.7. The van der Waals surface area contributed by atoms with Gasteiger partial charge in [0.15, 0.2) is 0 Å². The molecule has 0 bridgehead atoms. The van der Waals surface area contributed by atoms with E-state index in [1.165, 1.54) is 0 Å². The molecule has 27 heavy (non-hydrogen) atoms. The number of carbonyl (C=O) groups is 2. The van der Waals surface area contributed by atoms with E-state index in [2.05, 4.69) is 15.6 Å². The van der Waals surface area contributed by atoms with Gasteiger partial charge in [-0.1, -0.05) is 12.1 Å². The van der Waals surface area contributed by atoms with Gasteiger partial charge in [-0.15, -0.1) is 0 Å². The van der Waals surface area contributed by atoms with Crippen molar-refractivity contribution in [1.82, 2.24) is 10.3 Å². The fraction of sp³-hybridized carbons (Fsp3) is 0.238. The van der Waals surface area contributed by atoms with Gasteiger partial charge in [-0.25, -0.2) is 0 Å². The molecule has 0 saturated carbocycles. The van der Waals surface area contributed by atoms with Gasteiger partial charge in [-0.3, -0.25) is 9.59 Å². The Hall–Kier alpha value is -3.28. The van der Waals surface area contributed by atoms with Gasteiger partial charge in [0.1, 0.15) is 11.4 Å². The highest BCUT2D eigenvalue weighted by Gasteiger charge is 2.16. The highest BCUT2D eigenvalue weighted by molar-refractivity contribution is 6.09. The molecule has 140 valence electrons. The van der Waals surface area contributed by atoms with Crippen LogP contribution in [-0.4, -0.2) is 29.4 Å². The largest absolute Gasteiger partial charge is 0.494 e. The first-order chi connectivity index (χ1) is 13.0. The molecular weight excluding hydrogens is 342 g/mol. The van der Waals surface area contributed by atoms with Crippen LogP contribution in [0.3, 0.4) is 0 Å². The Labute approximate surface area is 157 Å². The Morgan fingerprint density at radius 3 is 2.59 bits per heavy atom. The molecule has 3 rings (SSSR count). The zero-order valence-electron chi connectivity index (χ0n) is 15.6. The second kappa shape index (κ2) is 7.95. The lowest BCUT2D eigenvalue weighted by atomic mass is 10.1. The third kappa shape index (κ3) is 4.28. The zero-order chi connectivity index (χ0) is 19.4. The summed E-state index contributed by atoms with van der Waals surface area (Å²) in [7, 11) is 0. The monoisotopic (exact) mass is 365 g/mol. The molecule has 2 amide bonds. The molecule has 0 fully saturated rings. The lowest BCUT2D eigenvalue weighted by molar-refractivity contribution is 0.0944. The first-order valence-corrected chi connectivity index (χ1v) is 8.94. The Balaban J connectivity index is 1.83. The fourth-order valence-electron chi connectivity index (χ4n) is 2.80. The topological polar surface area (TPSA) is 83.2 Å². The van der Waals surface area contributed by atoms with Crippen molar-refractivity contribution < 1.29 is 14.3 Å². The number of hydrogen-bond acceptors (Lipinski definition) is 3. The number of hydrogen-bond donors (Lipinski definition) is 3. The molecule has 0 atom stereocenters. The molecule has 6 heteroatoms. The van der Waals surface area contributed by atoms with Crippen molar-refractivity contribution in [3.05, 3.63) is 59.8 Å². The average molecular weight is 365 g/mol. The summed E-state index contributed by atoms with van der Waals surface area (Å²) in [5.74, 6) is 0.211. The molecule has 0 spiro atoms. The van der Waals surface area contributed by atoms with Gasteiger partial charge in [-0.2, -0.15) is 0 Å². The van der Waals surface area contributed by atoms with E-state index in [1.54, 1.807) is 30.3 Å². The van der Waals surface area contributed by atoms with E-state index in [4.69, 9.17) is 4.74 Å². The van der Waals surface area contributed by atoms with E-state index in [1.807, 2.05) is 39.0 Å². The summed E-state index contributed by atoms with van der Waals surface area (Å²) in [6.45, 7) is 6.28. The van der Waals surface area contributed by atoms with Crippen molar-refractivity contribution in [2.24, 2.45) is 0 Å². The molecular formula is C21H23N3O3. The first kappa shape index (κ1) is 18.5. The number of ether oxygens (including phenoxy) is 1. The molecule has 0 saturated heterocycles. The van der Waals surface area contributed by atoms with Crippen molar-refractivity contribution in [2.75, 3.05) is 11.9 Å². The SMILES string of the molecule is CCOc1ccc2cc(C(=O)Nc3ccccc3C(=O)NC(C)C)[nH]c2c1. The predicted molar refractivity (Wildman–Crippen MR) is 106 cm³/mol. The van der Waals surface area contributed by atoms with Gasteiger partial charge in [0, 0.05) is 23.0 Å². The van der Waals surface area contributed by atoms with Crippen molar-refractivity contribution in [3.8, 4) is 5.75 Å². The Kier molecular flexibility index (Phi) is 5.45. The number of H-pyrrole nitrogens is 1. The maximum atomic E-state index is 12.7. The summed E-state index contributed by atoms with van der Waals surface area (Å²) < 4.78 is 5.49. The highest BCUT2D eigenvalue weighted by Crippen LogP contribution is 2.23. The summed E-state index contributed by atoms with van der Waals surface area (Å²) in [6.07, 6.45) is 0. The average Bonchev–Trinajstić information content (AvgIpc) is 3.05. The summed E-state index contributed by atoms with van der Waals surface area (Å²) in [5.41, 5.74) is 2.12. The molecule has 0 aliphatic rings. The minimum absolute atomic E-state index is 0.00880. The van der Waals surface area contributed by atoms with Crippen LogP contribution < -0.4 is 15.4 Å². The number of rotatable bonds is 6. The molecule has 3 aromatic rings. The molecule has 0 aliphatic carbocycles. The van der Waals surface area contributed by atoms with Gasteiger partial charge in [0.25, 0.3) is 11.8 Å². The Bertz CT molecular complexity index is 976. The standard InChI is InChI=1S/C21H23N3O3/c1-4-27-15-10-9-14-11-19(23-18(14)12-15)21(26)24-17-8-6-5-7-16(17)20(25)22-13(2)3/h5-13,23H,4H2,1-3H3,(H,22,25)(H,24,26). The second-order valence-electron chi connectivity index (χ2n) is 6.49. The summed E-state index contributed by atoms with van der Waals surface area (Å²) >= 11 is 0. The zero-order valence-corrected chi connectivity index (χ0v) is 15.6. The third-order valence-corrected chi connectivity index (χ3v) is 3.99. The number of anilines is 1. The number of aromatic amines is 1. The number of benzene rings is 2. The Morgan fingerprint density at radius 1 is 1.07 bits per heavy atom. The van der Waals surface area contributed by atoms with E-state index in [0.29, 0.717) is 23.6 Å². The summed E-state index contributed by atoms with van der Waals surface area (Å²) in [5, 5.41) is 6.57. The van der Waals surface area contributed by atoms with Crippen LogP contribution in [0.4, 0.5) is 5.69 Å². The van der Waals surface area contributed by atoms with E-state index >= 15 is 0 Å². The van der Waals surface area contributed by atoms with Crippen LogP contribution >= 0.6 is 0 Å². The van der Waals surface area contributed by atoms with E-state index in [0.717, 1.165) is 16.7 Å². The minimum atomic E-state index is -0.311. The number of carbonyl (C=O) groups excluding carboxylic acids is 2. The number of aromatic nitrogens is 1. The van der Waals surface area contributed by atoms with E-state index in [9.17, 15) is 9.59 Å². The first-order valence-electron chi connectivity index (χ1n) is 8.94. The van der Waals surface area contributed by atoms with Gasteiger partial charge in [-0.05, 0) is 51.1 Å². The van der Waals surface area contributed by atoms with Crippen LogP contribution in [-0.2, 0) is 0 Å². The molecule has 0 unspecified atom stereocenters. The Morgan fingerprint density at radius 2 is 1.85 bits per heavy atom. The normalized spacial score (nSPS) is 10.8. The van der Waals surface area contributed by atoms with Gasteiger partial charge >= 0.3 is 0 Å². The molecule has 0 radical (unpaired) electrons. The minimum Gasteiger partial charge on any atom is -0.494 e. The second-order valence-corrected chi connectivity index (χ2v) is 6.49. The van der Waals surface area contributed by atoms with Gasteiger partial charge in [0.05, 0.1) is 17.9 Å². The van der Waals surface area contributed by atoms with Crippen LogP contribution in [0.15, 0.2) is 48.5 Å². The maximum Gasteiger partial charge on any atom is 0.272 e. The third-order valence-electron chi connectivity index (χ3n) is 3.99. The lowest BCUT2D eigenvalue weighted by Crippen LogP contribution is -2.31. The molecule has 0 aliphatic heterocycles. The molecule has 1 heterocycles. The molecule has 3 N–H and O–H groups in total. The number of para-hydroxylation sites is 1.